The third kappa shape index (κ3) is 2.68. The quantitative estimate of drug-likeness (QED) is 0.374. The van der Waals surface area contributed by atoms with Crippen LogP contribution in [0, 0.1) is 0 Å². The highest BCUT2D eigenvalue weighted by molar-refractivity contribution is 5.91. The van der Waals surface area contributed by atoms with Crippen LogP contribution in [0.5, 0.6) is 5.75 Å². The Balaban J connectivity index is 2.21. The van der Waals surface area contributed by atoms with E-state index in [0.717, 1.165) is 11.3 Å². The average Bonchev–Trinajstić information content (AvgIpc) is 2.87. The summed E-state index contributed by atoms with van der Waals surface area (Å²) in [5, 5.41) is 11.6. The molecule has 0 fully saturated rings. The van der Waals surface area contributed by atoms with E-state index in [1.165, 1.54) is 0 Å². The summed E-state index contributed by atoms with van der Waals surface area (Å²) in [5.41, 5.74) is 6.41. The molecule has 6 nitrogen and oxygen atoms in total. The molecular weight excluding hydrogens is 258 g/mol. The zero-order chi connectivity index (χ0) is 14.7. The van der Waals surface area contributed by atoms with Crippen molar-refractivity contribution in [2.75, 3.05) is 13.2 Å². The minimum Gasteiger partial charge on any atom is -0.492 e. The highest BCUT2D eigenvalue weighted by Gasteiger charge is 2.34. The van der Waals surface area contributed by atoms with Crippen molar-refractivity contribution in [2.24, 2.45) is 10.9 Å². The van der Waals surface area contributed by atoms with Gasteiger partial charge in [0.05, 0.1) is 6.54 Å². The molecule has 0 bridgehead atoms. The van der Waals surface area contributed by atoms with E-state index < -0.39 is 0 Å². The van der Waals surface area contributed by atoms with E-state index in [1.807, 2.05) is 38.1 Å². The van der Waals surface area contributed by atoms with E-state index in [2.05, 4.69) is 5.16 Å². The molecule has 6 heteroatoms. The van der Waals surface area contributed by atoms with Gasteiger partial charge in [-0.25, -0.2) is 0 Å². The predicted octanol–water partition coefficient (Wildman–Crippen LogP) is 1.15. The van der Waals surface area contributed by atoms with E-state index in [4.69, 9.17) is 15.7 Å². The maximum atomic E-state index is 12.7. The van der Waals surface area contributed by atoms with Gasteiger partial charge in [0.25, 0.3) is 0 Å². The van der Waals surface area contributed by atoms with E-state index in [-0.39, 0.29) is 30.2 Å². The lowest BCUT2D eigenvalue weighted by molar-refractivity contribution is -0.133. The summed E-state index contributed by atoms with van der Waals surface area (Å²) in [4.78, 5) is 14.2. The SMILES string of the molecule is CC(C)N(CC(N)=NO)C(=O)C1COc2ccccc21. The number of fused-ring (bicyclic) bond motifs is 1. The van der Waals surface area contributed by atoms with Gasteiger partial charge < -0.3 is 20.6 Å². The van der Waals surface area contributed by atoms with Crippen molar-refractivity contribution in [3.8, 4) is 5.75 Å². The zero-order valence-electron chi connectivity index (χ0n) is 11.6. The Labute approximate surface area is 117 Å². The van der Waals surface area contributed by atoms with Crippen LogP contribution in [0.3, 0.4) is 0 Å². The van der Waals surface area contributed by atoms with Gasteiger partial charge in [-0.3, -0.25) is 4.79 Å². The molecule has 0 saturated heterocycles. The van der Waals surface area contributed by atoms with Crippen LogP contribution in [0.4, 0.5) is 0 Å². The summed E-state index contributed by atoms with van der Waals surface area (Å²) >= 11 is 0. The van der Waals surface area contributed by atoms with Crippen molar-refractivity contribution in [1.82, 2.24) is 4.90 Å². The molecule has 0 saturated carbocycles. The molecule has 2 rings (SSSR count). The third-order valence-corrected chi connectivity index (χ3v) is 3.37. The first-order valence-corrected chi connectivity index (χ1v) is 6.53. The van der Waals surface area contributed by atoms with Crippen LogP contribution in [-0.2, 0) is 4.79 Å². The van der Waals surface area contributed by atoms with Crippen LogP contribution in [0.25, 0.3) is 0 Å². The van der Waals surface area contributed by atoms with E-state index in [9.17, 15) is 4.79 Å². The molecular formula is C14H19N3O3. The number of nitrogens with zero attached hydrogens (tertiary/aromatic N) is 2. The van der Waals surface area contributed by atoms with Crippen molar-refractivity contribution in [3.63, 3.8) is 0 Å². The van der Waals surface area contributed by atoms with Gasteiger partial charge in [0, 0.05) is 11.6 Å². The summed E-state index contributed by atoms with van der Waals surface area (Å²) in [7, 11) is 0. The second kappa shape index (κ2) is 5.81. The van der Waals surface area contributed by atoms with Crippen molar-refractivity contribution >= 4 is 11.7 Å². The van der Waals surface area contributed by atoms with Crippen LogP contribution in [0.1, 0.15) is 25.3 Å². The Morgan fingerprint density at radius 1 is 1.55 bits per heavy atom. The minimum absolute atomic E-state index is 0.0132. The van der Waals surface area contributed by atoms with Crippen LogP contribution in [-0.4, -0.2) is 41.0 Å². The van der Waals surface area contributed by atoms with Crippen LogP contribution in [0.15, 0.2) is 29.4 Å². The lowest BCUT2D eigenvalue weighted by atomic mass is 9.99. The molecule has 1 atom stereocenters. The van der Waals surface area contributed by atoms with Crippen molar-refractivity contribution in [1.29, 1.82) is 0 Å². The van der Waals surface area contributed by atoms with Gasteiger partial charge in [0.1, 0.15) is 18.3 Å². The van der Waals surface area contributed by atoms with Gasteiger partial charge in [-0.2, -0.15) is 0 Å². The number of para-hydroxylation sites is 1. The average molecular weight is 277 g/mol. The van der Waals surface area contributed by atoms with Gasteiger partial charge in [0.2, 0.25) is 5.91 Å². The molecule has 1 amide bonds. The molecule has 0 aliphatic carbocycles. The van der Waals surface area contributed by atoms with Gasteiger partial charge >= 0.3 is 0 Å². The first kappa shape index (κ1) is 14.2. The molecule has 3 N–H and O–H groups in total. The number of amidine groups is 1. The Morgan fingerprint density at radius 3 is 2.90 bits per heavy atom. The number of carbonyl (C=O) groups excluding carboxylic acids is 1. The molecule has 0 aromatic heterocycles. The van der Waals surface area contributed by atoms with Crippen molar-refractivity contribution in [2.45, 2.75) is 25.8 Å². The van der Waals surface area contributed by atoms with Crippen LogP contribution >= 0.6 is 0 Å². The third-order valence-electron chi connectivity index (χ3n) is 3.37. The maximum absolute atomic E-state index is 12.7. The molecule has 0 spiro atoms. The van der Waals surface area contributed by atoms with Gasteiger partial charge in [0.15, 0.2) is 5.84 Å². The molecule has 1 aromatic carbocycles. The molecule has 1 aliphatic rings. The summed E-state index contributed by atoms with van der Waals surface area (Å²) in [6.45, 7) is 4.22. The fraction of sp³-hybridized carbons (Fsp3) is 0.429. The van der Waals surface area contributed by atoms with Crippen molar-refractivity contribution in [3.05, 3.63) is 29.8 Å². The molecule has 0 radical (unpaired) electrons. The second-order valence-corrected chi connectivity index (χ2v) is 5.05. The number of oxime groups is 1. The van der Waals surface area contributed by atoms with E-state index in [1.54, 1.807) is 4.90 Å². The normalized spacial score (nSPS) is 17.8. The summed E-state index contributed by atoms with van der Waals surface area (Å²) in [6.07, 6.45) is 0. The van der Waals surface area contributed by atoms with Crippen LogP contribution in [0.2, 0.25) is 0 Å². The highest BCUT2D eigenvalue weighted by Crippen LogP contribution is 2.34. The summed E-state index contributed by atoms with van der Waals surface area (Å²) < 4.78 is 5.54. The van der Waals surface area contributed by atoms with Crippen molar-refractivity contribution < 1.29 is 14.7 Å². The molecule has 1 unspecified atom stereocenters. The number of rotatable bonds is 4. The summed E-state index contributed by atoms with van der Waals surface area (Å²) in [6, 6.07) is 7.47. The Kier molecular flexibility index (Phi) is 4.12. The maximum Gasteiger partial charge on any atom is 0.234 e. The van der Waals surface area contributed by atoms with E-state index in [0.29, 0.717) is 6.61 Å². The monoisotopic (exact) mass is 277 g/mol. The van der Waals surface area contributed by atoms with E-state index >= 15 is 0 Å². The van der Waals surface area contributed by atoms with Crippen LogP contribution < -0.4 is 10.5 Å². The number of carbonyl (C=O) groups is 1. The Hall–Kier alpha value is -2.24. The highest BCUT2D eigenvalue weighted by atomic mass is 16.5. The van der Waals surface area contributed by atoms with Gasteiger partial charge in [-0.15, -0.1) is 0 Å². The molecule has 108 valence electrons. The number of hydrogen-bond donors (Lipinski definition) is 2. The number of nitrogens with two attached hydrogens (primary N) is 1. The fourth-order valence-corrected chi connectivity index (χ4v) is 2.29. The standard InChI is InChI=1S/C14H19N3O3/c1-9(2)17(7-13(15)16-19)14(18)11-8-20-12-6-4-3-5-10(11)12/h3-6,9,11,19H,7-8H2,1-2H3,(H2,15,16). The largest absolute Gasteiger partial charge is 0.492 e. The first-order chi connectivity index (χ1) is 9.54. The Morgan fingerprint density at radius 2 is 2.25 bits per heavy atom. The lowest BCUT2D eigenvalue weighted by Crippen LogP contribution is -2.45. The smallest absolute Gasteiger partial charge is 0.234 e. The number of amides is 1. The minimum atomic E-state index is -0.333. The predicted molar refractivity (Wildman–Crippen MR) is 74.9 cm³/mol. The topological polar surface area (TPSA) is 88.1 Å². The Bertz CT molecular complexity index is 528. The fourth-order valence-electron chi connectivity index (χ4n) is 2.29. The first-order valence-electron chi connectivity index (χ1n) is 6.53. The van der Waals surface area contributed by atoms with Gasteiger partial charge in [-0.1, -0.05) is 23.4 Å². The molecule has 1 aliphatic heterocycles. The summed E-state index contributed by atoms with van der Waals surface area (Å²) in [5.74, 6) is 0.356. The molecule has 20 heavy (non-hydrogen) atoms. The molecule has 1 aromatic rings. The zero-order valence-corrected chi connectivity index (χ0v) is 11.6. The lowest BCUT2D eigenvalue weighted by Gasteiger charge is -2.28. The second-order valence-electron chi connectivity index (χ2n) is 5.05. The molecule has 1 heterocycles. The number of hydrogen-bond acceptors (Lipinski definition) is 4. The number of ether oxygens (including phenoxy) is 1. The van der Waals surface area contributed by atoms with Gasteiger partial charge in [-0.05, 0) is 19.9 Å². The number of benzene rings is 1.